The van der Waals surface area contributed by atoms with E-state index in [4.69, 9.17) is 5.73 Å². The van der Waals surface area contributed by atoms with E-state index in [0.717, 1.165) is 30.3 Å². The van der Waals surface area contributed by atoms with Gasteiger partial charge in [0.2, 0.25) is 5.91 Å². The molecule has 2 amide bonds. The van der Waals surface area contributed by atoms with E-state index < -0.39 is 0 Å². The third kappa shape index (κ3) is 5.62. The Morgan fingerprint density at radius 3 is 2.70 bits per heavy atom. The van der Waals surface area contributed by atoms with Gasteiger partial charge in [-0.1, -0.05) is 0 Å². The summed E-state index contributed by atoms with van der Waals surface area (Å²) in [5, 5.41) is 8.18. The van der Waals surface area contributed by atoms with E-state index in [0.29, 0.717) is 37.3 Å². The fourth-order valence-corrected chi connectivity index (χ4v) is 3.75. The van der Waals surface area contributed by atoms with Gasteiger partial charge in [0, 0.05) is 43.5 Å². The number of pyridine rings is 1. The van der Waals surface area contributed by atoms with Crippen molar-refractivity contribution >= 4 is 47.7 Å². The Morgan fingerprint density at radius 2 is 2.03 bits per heavy atom. The molecule has 3 N–H and O–H groups in total. The molecule has 1 aliphatic heterocycles. The standard InChI is InChI=1S/C20H30N6O2.2ClH/c1-13(2)26-19-15(11-23-26)10-17(14(3)24-19)20(28)25-9-5-4-6-16(25)12-22-18(27)7-8-21;;/h10-11,13,16H,4-9,12,21H2,1-3H3,(H,22,27);2*1H. The van der Waals surface area contributed by atoms with Gasteiger partial charge in [-0.15, -0.1) is 24.8 Å². The van der Waals surface area contributed by atoms with E-state index in [1.54, 1.807) is 6.20 Å². The summed E-state index contributed by atoms with van der Waals surface area (Å²) in [6.45, 7) is 7.46. The first-order chi connectivity index (χ1) is 13.4. The number of halogens is 2. The Balaban J connectivity index is 0.00000225. The Morgan fingerprint density at radius 1 is 1.30 bits per heavy atom. The van der Waals surface area contributed by atoms with Crippen molar-refractivity contribution in [3.8, 4) is 0 Å². The summed E-state index contributed by atoms with van der Waals surface area (Å²) in [5.41, 5.74) is 7.54. The lowest BCUT2D eigenvalue weighted by Gasteiger charge is -2.36. The zero-order valence-corrected chi connectivity index (χ0v) is 19.4. The summed E-state index contributed by atoms with van der Waals surface area (Å²) in [6.07, 6.45) is 4.98. The summed E-state index contributed by atoms with van der Waals surface area (Å²) in [4.78, 5) is 31.6. The Labute approximate surface area is 189 Å². The number of nitrogens with zero attached hydrogens (tertiary/aromatic N) is 4. The molecule has 8 nitrogen and oxygen atoms in total. The largest absolute Gasteiger partial charge is 0.354 e. The zero-order valence-electron chi connectivity index (χ0n) is 17.8. The average Bonchev–Trinajstić information content (AvgIpc) is 3.08. The smallest absolute Gasteiger partial charge is 0.256 e. The van der Waals surface area contributed by atoms with Crippen molar-refractivity contribution in [2.75, 3.05) is 19.6 Å². The molecule has 3 rings (SSSR count). The number of carbonyl (C=O) groups is 2. The minimum Gasteiger partial charge on any atom is -0.354 e. The van der Waals surface area contributed by atoms with Gasteiger partial charge >= 0.3 is 0 Å². The molecule has 1 atom stereocenters. The van der Waals surface area contributed by atoms with Gasteiger partial charge in [0.05, 0.1) is 17.5 Å². The van der Waals surface area contributed by atoms with Crippen LogP contribution < -0.4 is 11.1 Å². The highest BCUT2D eigenvalue weighted by molar-refractivity contribution is 5.98. The first-order valence-electron chi connectivity index (χ1n) is 10.0. The first kappa shape index (κ1) is 26.1. The van der Waals surface area contributed by atoms with Gasteiger partial charge in [0.25, 0.3) is 5.91 Å². The summed E-state index contributed by atoms with van der Waals surface area (Å²) >= 11 is 0. The number of likely N-dealkylation sites (tertiary alicyclic amines) is 1. The molecular weight excluding hydrogens is 427 g/mol. The number of hydrogen-bond donors (Lipinski definition) is 2. The molecule has 168 valence electrons. The third-order valence-electron chi connectivity index (χ3n) is 5.27. The summed E-state index contributed by atoms with van der Waals surface area (Å²) in [6, 6.07) is 2.09. The van der Waals surface area contributed by atoms with Crippen LogP contribution in [0.4, 0.5) is 0 Å². The van der Waals surface area contributed by atoms with Gasteiger partial charge in [-0.05, 0) is 46.1 Å². The van der Waals surface area contributed by atoms with E-state index in [2.05, 4.69) is 29.2 Å². The number of piperidine rings is 1. The molecule has 0 bridgehead atoms. The number of hydrogen-bond acceptors (Lipinski definition) is 5. The Hall–Kier alpha value is -1.90. The lowest BCUT2D eigenvalue weighted by Crippen LogP contribution is -2.49. The number of aryl methyl sites for hydroxylation is 1. The number of nitrogens with two attached hydrogens (primary N) is 1. The predicted molar refractivity (Wildman–Crippen MR) is 123 cm³/mol. The van der Waals surface area contributed by atoms with Crippen LogP contribution in [-0.4, -0.2) is 57.2 Å². The lowest BCUT2D eigenvalue weighted by atomic mass is 10.00. The Bertz CT molecular complexity index is 870. The van der Waals surface area contributed by atoms with E-state index in [-0.39, 0.29) is 48.7 Å². The van der Waals surface area contributed by atoms with Crippen LogP contribution in [0.1, 0.15) is 61.6 Å². The van der Waals surface area contributed by atoms with Crippen LogP contribution in [0, 0.1) is 6.92 Å². The van der Waals surface area contributed by atoms with Gasteiger partial charge in [0.1, 0.15) is 0 Å². The van der Waals surface area contributed by atoms with Crippen molar-refractivity contribution in [3.05, 3.63) is 23.5 Å². The number of amides is 2. The molecule has 10 heteroatoms. The van der Waals surface area contributed by atoms with E-state index >= 15 is 0 Å². The van der Waals surface area contributed by atoms with E-state index in [9.17, 15) is 9.59 Å². The second kappa shape index (κ2) is 11.5. The molecule has 0 saturated carbocycles. The monoisotopic (exact) mass is 458 g/mol. The molecule has 0 aromatic carbocycles. The molecule has 0 radical (unpaired) electrons. The second-order valence-corrected chi connectivity index (χ2v) is 7.71. The minimum absolute atomic E-state index is 0. The Kier molecular flexibility index (Phi) is 10.0. The fraction of sp³-hybridized carbons (Fsp3) is 0.600. The molecule has 0 spiro atoms. The maximum absolute atomic E-state index is 13.3. The molecule has 2 aromatic heterocycles. The van der Waals surface area contributed by atoms with Crippen molar-refractivity contribution in [1.82, 2.24) is 25.0 Å². The quantitative estimate of drug-likeness (QED) is 0.691. The number of fused-ring (bicyclic) bond motifs is 1. The number of carbonyl (C=O) groups excluding carboxylic acids is 2. The van der Waals surface area contributed by atoms with Crippen molar-refractivity contribution < 1.29 is 9.59 Å². The summed E-state index contributed by atoms with van der Waals surface area (Å²) in [7, 11) is 0. The minimum atomic E-state index is -0.0687. The molecule has 30 heavy (non-hydrogen) atoms. The maximum Gasteiger partial charge on any atom is 0.256 e. The van der Waals surface area contributed by atoms with Gasteiger partial charge < -0.3 is 16.0 Å². The maximum atomic E-state index is 13.3. The van der Waals surface area contributed by atoms with Crippen molar-refractivity contribution in [1.29, 1.82) is 0 Å². The summed E-state index contributed by atoms with van der Waals surface area (Å²) < 4.78 is 1.87. The molecule has 2 aromatic rings. The van der Waals surface area contributed by atoms with Crippen molar-refractivity contribution in [2.45, 2.75) is 58.5 Å². The number of nitrogens with one attached hydrogen (secondary N) is 1. The number of rotatable bonds is 6. The van der Waals surface area contributed by atoms with E-state index in [1.165, 1.54) is 0 Å². The van der Waals surface area contributed by atoms with Crippen LogP contribution in [0.2, 0.25) is 0 Å². The van der Waals surface area contributed by atoms with Crippen LogP contribution in [-0.2, 0) is 4.79 Å². The van der Waals surface area contributed by atoms with Gasteiger partial charge in [-0.25, -0.2) is 9.67 Å². The van der Waals surface area contributed by atoms with Gasteiger partial charge in [-0.2, -0.15) is 5.10 Å². The fourth-order valence-electron chi connectivity index (χ4n) is 3.75. The van der Waals surface area contributed by atoms with Crippen molar-refractivity contribution in [2.24, 2.45) is 5.73 Å². The highest BCUT2D eigenvalue weighted by atomic mass is 35.5. The molecule has 0 aliphatic carbocycles. The average molecular weight is 459 g/mol. The topological polar surface area (TPSA) is 106 Å². The predicted octanol–water partition coefficient (Wildman–Crippen LogP) is 2.62. The molecule has 1 aliphatic rings. The molecule has 1 saturated heterocycles. The molecule has 1 fully saturated rings. The van der Waals surface area contributed by atoms with Crippen LogP contribution >= 0.6 is 24.8 Å². The molecule has 3 heterocycles. The zero-order chi connectivity index (χ0) is 20.3. The van der Waals surface area contributed by atoms with Gasteiger partial charge in [-0.3, -0.25) is 9.59 Å². The van der Waals surface area contributed by atoms with Crippen LogP contribution in [0.25, 0.3) is 11.0 Å². The van der Waals surface area contributed by atoms with Crippen LogP contribution in [0.3, 0.4) is 0 Å². The van der Waals surface area contributed by atoms with Crippen molar-refractivity contribution in [3.63, 3.8) is 0 Å². The van der Waals surface area contributed by atoms with E-state index in [1.807, 2.05) is 22.6 Å². The third-order valence-corrected chi connectivity index (χ3v) is 5.27. The first-order valence-corrected chi connectivity index (χ1v) is 10.0. The number of aromatic nitrogens is 3. The summed E-state index contributed by atoms with van der Waals surface area (Å²) in [5.74, 6) is -0.0946. The van der Waals surface area contributed by atoms with Crippen LogP contribution in [0.15, 0.2) is 12.3 Å². The highest BCUT2D eigenvalue weighted by Gasteiger charge is 2.29. The SMILES string of the molecule is Cc1nc2c(cnn2C(C)C)cc1C(=O)N1CCCCC1CNC(=O)CCN.Cl.Cl. The van der Waals surface area contributed by atoms with Crippen LogP contribution in [0.5, 0.6) is 0 Å². The second-order valence-electron chi connectivity index (χ2n) is 7.71. The van der Waals surface area contributed by atoms with Gasteiger partial charge in [0.15, 0.2) is 5.65 Å². The highest BCUT2D eigenvalue weighted by Crippen LogP contribution is 2.24. The molecular formula is C20H32Cl2N6O2. The normalized spacial score (nSPS) is 16.2. The lowest BCUT2D eigenvalue weighted by molar-refractivity contribution is -0.121. The molecule has 1 unspecified atom stereocenters.